The van der Waals surface area contributed by atoms with Crippen LogP contribution in [0.2, 0.25) is 0 Å². The van der Waals surface area contributed by atoms with Gasteiger partial charge in [0.1, 0.15) is 5.60 Å². The molecule has 0 radical (unpaired) electrons. The van der Waals surface area contributed by atoms with E-state index in [0.29, 0.717) is 32.1 Å². The maximum Gasteiger partial charge on any atom is 0.410 e. The van der Waals surface area contributed by atoms with Gasteiger partial charge in [0.2, 0.25) is 12.2 Å². The normalized spacial score (nSPS) is 22.2. The van der Waals surface area contributed by atoms with Crippen molar-refractivity contribution in [1.29, 1.82) is 5.26 Å². The number of aliphatic imine (C=N–C) groups is 1. The zero-order valence-corrected chi connectivity index (χ0v) is 16.0. The number of fused-ring (bicyclic) bond motifs is 1. The van der Waals surface area contributed by atoms with Crippen LogP contribution in [0.4, 0.5) is 4.79 Å². The Labute approximate surface area is 153 Å². The summed E-state index contributed by atoms with van der Waals surface area (Å²) in [7, 11) is 0. The molecule has 0 aliphatic carbocycles. The van der Waals surface area contributed by atoms with Crippen molar-refractivity contribution in [2.24, 2.45) is 10.4 Å². The maximum absolute atomic E-state index is 12.3. The second kappa shape index (κ2) is 7.02. The van der Waals surface area contributed by atoms with Crippen molar-refractivity contribution >= 4 is 18.0 Å². The summed E-state index contributed by atoms with van der Waals surface area (Å²) in [6, 6.07) is -0.0482. The van der Waals surface area contributed by atoms with Crippen molar-refractivity contribution in [3.63, 3.8) is 0 Å². The number of amides is 1. The van der Waals surface area contributed by atoms with E-state index in [1.807, 2.05) is 30.6 Å². The second-order valence-corrected chi connectivity index (χ2v) is 8.35. The number of aliphatic carboxylic acids is 1. The molecule has 9 nitrogen and oxygen atoms in total. The van der Waals surface area contributed by atoms with E-state index in [4.69, 9.17) is 10.00 Å². The van der Waals surface area contributed by atoms with E-state index in [2.05, 4.69) is 4.99 Å². The van der Waals surface area contributed by atoms with E-state index in [1.165, 1.54) is 0 Å². The summed E-state index contributed by atoms with van der Waals surface area (Å²) in [6.07, 6.45) is 1.44. The van der Waals surface area contributed by atoms with Gasteiger partial charge in [-0.1, -0.05) is 0 Å². The molecule has 9 heteroatoms. The van der Waals surface area contributed by atoms with E-state index in [0.717, 1.165) is 0 Å². The molecule has 2 aliphatic rings. The summed E-state index contributed by atoms with van der Waals surface area (Å²) in [5.41, 5.74) is -1.54. The fourth-order valence-electron chi connectivity index (χ4n) is 3.14. The number of carboxylic acid groups (broad SMARTS) is 1. The Morgan fingerprint density at radius 1 is 1.27 bits per heavy atom. The summed E-state index contributed by atoms with van der Waals surface area (Å²) in [6.45, 7) is 10.9. The maximum atomic E-state index is 12.3. The predicted octanol–water partition coefficient (Wildman–Crippen LogP) is 1.17. The van der Waals surface area contributed by atoms with Crippen LogP contribution in [0, 0.1) is 16.9 Å². The molecule has 0 bridgehead atoms. The second-order valence-electron chi connectivity index (χ2n) is 8.35. The van der Waals surface area contributed by atoms with Crippen LogP contribution in [0.25, 0.3) is 0 Å². The van der Waals surface area contributed by atoms with Crippen LogP contribution in [-0.4, -0.2) is 82.2 Å². The van der Waals surface area contributed by atoms with Crippen molar-refractivity contribution in [1.82, 2.24) is 14.7 Å². The fraction of sp³-hybridized carbons (Fsp3) is 0.765. The zero-order valence-electron chi connectivity index (χ0n) is 16.0. The average molecular weight is 365 g/mol. The third kappa shape index (κ3) is 4.36. The molecule has 2 fully saturated rings. The number of ether oxygens (including phenoxy) is 1. The zero-order chi connectivity index (χ0) is 19.7. The monoisotopic (exact) mass is 365 g/mol. The van der Waals surface area contributed by atoms with Gasteiger partial charge < -0.3 is 24.5 Å². The Balaban J connectivity index is 2.13. The molecule has 0 saturated carbocycles. The number of nitrogens with zero attached hydrogens (tertiary/aromatic N) is 5. The lowest BCUT2D eigenvalue weighted by atomic mass is 9.93. The molecule has 144 valence electrons. The molecule has 0 aromatic heterocycles. The van der Waals surface area contributed by atoms with Gasteiger partial charge >= 0.3 is 12.1 Å². The van der Waals surface area contributed by atoms with Crippen LogP contribution >= 0.6 is 0 Å². The summed E-state index contributed by atoms with van der Waals surface area (Å²) in [4.78, 5) is 33.1. The van der Waals surface area contributed by atoms with Crippen LogP contribution in [0.15, 0.2) is 4.99 Å². The molecular formula is C17H27N5O4. The topological polar surface area (TPSA) is 109 Å². The smallest absolute Gasteiger partial charge is 0.410 e. The van der Waals surface area contributed by atoms with Crippen LogP contribution in [0.3, 0.4) is 0 Å². The molecule has 26 heavy (non-hydrogen) atoms. The van der Waals surface area contributed by atoms with Gasteiger partial charge in [-0.2, -0.15) is 5.26 Å². The molecule has 2 heterocycles. The van der Waals surface area contributed by atoms with E-state index < -0.39 is 17.0 Å². The number of hydrogen-bond acceptors (Lipinski definition) is 5. The van der Waals surface area contributed by atoms with Crippen molar-refractivity contribution in [2.75, 3.05) is 32.7 Å². The third-order valence-corrected chi connectivity index (χ3v) is 4.42. The quantitative estimate of drug-likeness (QED) is 0.748. The molecule has 1 atom stereocenters. The molecule has 0 aromatic rings. The number of hydrogen-bond donors (Lipinski definition) is 1. The first-order valence-electron chi connectivity index (χ1n) is 8.64. The summed E-state index contributed by atoms with van der Waals surface area (Å²) in [5.74, 6) is -0.426. The Bertz CT molecular complexity index is 647. The predicted molar refractivity (Wildman–Crippen MR) is 94.3 cm³/mol. The van der Waals surface area contributed by atoms with Crippen LogP contribution < -0.4 is 0 Å². The van der Waals surface area contributed by atoms with E-state index in [1.54, 1.807) is 24.9 Å². The lowest BCUT2D eigenvalue weighted by molar-refractivity contribution is -0.147. The van der Waals surface area contributed by atoms with Crippen LogP contribution in [0.5, 0.6) is 0 Å². The van der Waals surface area contributed by atoms with Gasteiger partial charge in [0.25, 0.3) is 0 Å². The number of rotatable bonds is 3. The standard InChI is InChI=1S/C17H27N5O4/c1-16(2,3)26-15(25)20-6-7-22-12(8-20)9-21(14(22)19-11-18)10-17(4,5)13(23)24/h12H,6-10H2,1-5H3,(H,23,24)/b19-14-. The lowest BCUT2D eigenvalue weighted by Gasteiger charge is -2.37. The highest BCUT2D eigenvalue weighted by molar-refractivity contribution is 5.85. The molecule has 1 amide bonds. The van der Waals surface area contributed by atoms with Gasteiger partial charge in [-0.25, -0.2) is 4.79 Å². The number of guanidine groups is 1. The molecule has 2 rings (SSSR count). The SMILES string of the molecule is CC(C)(C)OC(=O)N1CCN2/C(=N\C#N)N(CC(C)(C)C(=O)O)CC2C1. The molecular weight excluding hydrogens is 338 g/mol. The third-order valence-electron chi connectivity index (χ3n) is 4.42. The number of carboxylic acids is 1. The number of carbonyl (C=O) groups excluding carboxylic acids is 1. The van der Waals surface area contributed by atoms with E-state index in [-0.39, 0.29) is 18.7 Å². The van der Waals surface area contributed by atoms with E-state index in [9.17, 15) is 14.7 Å². The van der Waals surface area contributed by atoms with Crippen LogP contribution in [-0.2, 0) is 9.53 Å². The molecule has 2 saturated heterocycles. The molecule has 2 aliphatic heterocycles. The largest absolute Gasteiger partial charge is 0.481 e. The highest BCUT2D eigenvalue weighted by Crippen LogP contribution is 2.26. The first-order chi connectivity index (χ1) is 11.9. The Morgan fingerprint density at radius 2 is 1.92 bits per heavy atom. The summed E-state index contributed by atoms with van der Waals surface area (Å²) in [5, 5.41) is 18.4. The minimum absolute atomic E-state index is 0.0482. The van der Waals surface area contributed by atoms with Crippen molar-refractivity contribution in [3.05, 3.63) is 0 Å². The van der Waals surface area contributed by atoms with Crippen molar-refractivity contribution in [2.45, 2.75) is 46.3 Å². The molecule has 0 spiro atoms. The van der Waals surface area contributed by atoms with Gasteiger partial charge in [0.15, 0.2) is 0 Å². The summed E-state index contributed by atoms with van der Waals surface area (Å²) >= 11 is 0. The minimum atomic E-state index is -0.976. The van der Waals surface area contributed by atoms with Crippen molar-refractivity contribution < 1.29 is 19.4 Å². The van der Waals surface area contributed by atoms with Crippen LogP contribution in [0.1, 0.15) is 34.6 Å². The number of nitriles is 1. The first kappa shape index (κ1) is 19.8. The fourth-order valence-corrected chi connectivity index (χ4v) is 3.14. The van der Waals surface area contributed by atoms with Gasteiger partial charge in [-0.15, -0.1) is 4.99 Å². The minimum Gasteiger partial charge on any atom is -0.481 e. The van der Waals surface area contributed by atoms with Gasteiger partial charge in [0, 0.05) is 32.7 Å². The lowest BCUT2D eigenvalue weighted by Crippen LogP contribution is -2.54. The Morgan fingerprint density at radius 3 is 2.46 bits per heavy atom. The van der Waals surface area contributed by atoms with Gasteiger partial charge in [-0.3, -0.25) is 4.79 Å². The molecule has 1 unspecified atom stereocenters. The van der Waals surface area contributed by atoms with E-state index >= 15 is 0 Å². The highest BCUT2D eigenvalue weighted by atomic mass is 16.6. The molecule has 1 N–H and O–H groups in total. The Kier molecular flexibility index (Phi) is 5.35. The summed E-state index contributed by atoms with van der Waals surface area (Å²) < 4.78 is 5.43. The van der Waals surface area contributed by atoms with Gasteiger partial charge in [-0.05, 0) is 34.6 Å². The Hall–Kier alpha value is -2.50. The number of piperazine rings is 1. The highest BCUT2D eigenvalue weighted by Gasteiger charge is 2.43. The van der Waals surface area contributed by atoms with Crippen molar-refractivity contribution in [3.8, 4) is 6.19 Å². The first-order valence-corrected chi connectivity index (χ1v) is 8.64. The van der Waals surface area contributed by atoms with Gasteiger partial charge in [0.05, 0.1) is 11.5 Å². The average Bonchev–Trinajstić information content (AvgIpc) is 2.82. The molecule has 0 aromatic carbocycles. The number of carbonyl (C=O) groups is 2.